The summed E-state index contributed by atoms with van der Waals surface area (Å²) in [7, 11) is 0. The number of carbonyl (C=O) groups is 1. The Morgan fingerprint density at radius 1 is 1.23 bits per heavy atom. The monoisotopic (exact) mass is 425 g/mol. The largest absolute Gasteiger partial charge is 0.444 e. The summed E-state index contributed by atoms with van der Waals surface area (Å²) in [5.41, 5.74) is 6.94. The van der Waals surface area contributed by atoms with Crippen molar-refractivity contribution in [3.05, 3.63) is 22.8 Å². The third-order valence-corrected chi connectivity index (χ3v) is 4.61. The molecule has 140 valence electrons. The Balaban J connectivity index is 1.83. The number of aromatic nitrogens is 2. The highest BCUT2D eigenvalue weighted by atomic mass is 79.9. The van der Waals surface area contributed by atoms with E-state index in [1.54, 1.807) is 11.1 Å². The molecule has 0 aromatic carbocycles. The van der Waals surface area contributed by atoms with E-state index in [0.717, 1.165) is 0 Å². The van der Waals surface area contributed by atoms with Crippen LogP contribution in [0.25, 0.3) is 10.9 Å². The lowest BCUT2D eigenvalue weighted by Gasteiger charge is -2.37. The van der Waals surface area contributed by atoms with Gasteiger partial charge in [-0.3, -0.25) is 4.98 Å². The number of halogens is 2. The summed E-state index contributed by atoms with van der Waals surface area (Å²) >= 11 is 3.07. The summed E-state index contributed by atoms with van der Waals surface area (Å²) in [5, 5.41) is 0.552. The number of rotatable bonds is 1. The first-order valence-electron chi connectivity index (χ1n) is 8.28. The first-order valence-corrected chi connectivity index (χ1v) is 9.08. The number of piperazine rings is 1. The molecule has 0 bridgehead atoms. The summed E-state index contributed by atoms with van der Waals surface area (Å²) < 4.78 is 19.8. The van der Waals surface area contributed by atoms with Crippen LogP contribution in [0.4, 0.5) is 20.6 Å². The Hall–Kier alpha value is -2.16. The van der Waals surface area contributed by atoms with Crippen molar-refractivity contribution >= 4 is 44.3 Å². The molecule has 2 N–H and O–H groups in total. The molecule has 9 heteroatoms. The van der Waals surface area contributed by atoms with E-state index in [1.807, 2.05) is 25.7 Å². The van der Waals surface area contributed by atoms with Crippen LogP contribution < -0.4 is 10.6 Å². The standard InChI is InChI=1S/C17H21BrFN5O2/c1-17(2,3)26-16(25)24-6-4-23(5-7-24)14-10-8-22-15(18)12(19)13(10)21-9-11(14)20/h8-9H,4-7,20H2,1-3H3. The van der Waals surface area contributed by atoms with Crippen molar-refractivity contribution in [1.82, 2.24) is 14.9 Å². The van der Waals surface area contributed by atoms with Gasteiger partial charge in [-0.1, -0.05) is 0 Å². The molecular weight excluding hydrogens is 405 g/mol. The smallest absolute Gasteiger partial charge is 0.410 e. The molecule has 7 nitrogen and oxygen atoms in total. The van der Waals surface area contributed by atoms with Gasteiger partial charge in [0.1, 0.15) is 15.7 Å². The van der Waals surface area contributed by atoms with Crippen LogP contribution in [0, 0.1) is 5.82 Å². The van der Waals surface area contributed by atoms with Gasteiger partial charge in [-0.05, 0) is 36.7 Å². The molecule has 0 aliphatic carbocycles. The third kappa shape index (κ3) is 3.67. The number of pyridine rings is 2. The van der Waals surface area contributed by atoms with Crippen LogP contribution in [-0.4, -0.2) is 52.7 Å². The van der Waals surface area contributed by atoms with Crippen LogP contribution in [0.2, 0.25) is 0 Å². The van der Waals surface area contributed by atoms with Crippen molar-refractivity contribution in [3.8, 4) is 0 Å². The van der Waals surface area contributed by atoms with Gasteiger partial charge in [0.2, 0.25) is 0 Å². The minimum Gasteiger partial charge on any atom is -0.444 e. The molecule has 0 spiro atoms. The molecule has 1 amide bonds. The van der Waals surface area contributed by atoms with Crippen molar-refractivity contribution in [2.24, 2.45) is 0 Å². The number of ether oxygens (including phenoxy) is 1. The van der Waals surface area contributed by atoms with Crippen LogP contribution in [0.1, 0.15) is 20.8 Å². The minimum absolute atomic E-state index is 0.114. The highest BCUT2D eigenvalue weighted by molar-refractivity contribution is 9.10. The van der Waals surface area contributed by atoms with E-state index < -0.39 is 11.4 Å². The van der Waals surface area contributed by atoms with Gasteiger partial charge in [0.15, 0.2) is 5.82 Å². The van der Waals surface area contributed by atoms with Crippen LogP contribution in [0.15, 0.2) is 17.0 Å². The lowest BCUT2D eigenvalue weighted by Crippen LogP contribution is -2.50. The number of nitrogens with two attached hydrogens (primary N) is 1. The van der Waals surface area contributed by atoms with Gasteiger partial charge >= 0.3 is 6.09 Å². The summed E-state index contributed by atoms with van der Waals surface area (Å²) in [6.07, 6.45) is 2.68. The molecule has 3 rings (SSSR count). The molecule has 1 fully saturated rings. The Morgan fingerprint density at radius 2 is 1.88 bits per heavy atom. The first kappa shape index (κ1) is 18.6. The molecular formula is C17H21BrFN5O2. The zero-order valence-electron chi connectivity index (χ0n) is 14.9. The predicted molar refractivity (Wildman–Crippen MR) is 102 cm³/mol. The zero-order chi connectivity index (χ0) is 19.1. The SMILES string of the molecule is CC(C)(C)OC(=O)N1CCN(c2c(N)cnc3c(F)c(Br)ncc23)CC1. The lowest BCUT2D eigenvalue weighted by atomic mass is 10.1. The fraction of sp³-hybridized carbons (Fsp3) is 0.471. The normalized spacial score (nSPS) is 15.4. The molecule has 0 unspecified atom stereocenters. The number of anilines is 2. The molecule has 2 aromatic heterocycles. The maximum atomic E-state index is 14.3. The fourth-order valence-corrected chi connectivity index (χ4v) is 3.19. The molecule has 1 aliphatic rings. The highest BCUT2D eigenvalue weighted by Crippen LogP contribution is 2.34. The maximum absolute atomic E-state index is 14.3. The number of nitrogens with zero attached hydrogens (tertiary/aromatic N) is 4. The second-order valence-corrected chi connectivity index (χ2v) is 7.89. The van der Waals surface area contributed by atoms with Crippen LogP contribution in [0.5, 0.6) is 0 Å². The van der Waals surface area contributed by atoms with E-state index in [1.165, 1.54) is 6.20 Å². The third-order valence-electron chi connectivity index (χ3n) is 4.06. The number of hydrogen-bond donors (Lipinski definition) is 1. The van der Waals surface area contributed by atoms with Crippen molar-refractivity contribution in [2.45, 2.75) is 26.4 Å². The molecule has 0 saturated carbocycles. The average molecular weight is 426 g/mol. The summed E-state index contributed by atoms with van der Waals surface area (Å²) in [5.74, 6) is -0.517. The van der Waals surface area contributed by atoms with Gasteiger partial charge in [-0.25, -0.2) is 14.2 Å². The van der Waals surface area contributed by atoms with E-state index in [9.17, 15) is 9.18 Å². The van der Waals surface area contributed by atoms with Gasteiger partial charge in [0.05, 0.1) is 17.6 Å². The van der Waals surface area contributed by atoms with Gasteiger partial charge in [0, 0.05) is 37.8 Å². The van der Waals surface area contributed by atoms with Crippen molar-refractivity contribution in [2.75, 3.05) is 36.8 Å². The number of carbonyl (C=O) groups excluding carboxylic acids is 1. The van der Waals surface area contributed by atoms with E-state index in [-0.39, 0.29) is 16.2 Å². The Bertz CT molecular complexity index is 847. The molecule has 3 heterocycles. The van der Waals surface area contributed by atoms with Gasteiger partial charge in [-0.2, -0.15) is 0 Å². The maximum Gasteiger partial charge on any atom is 0.410 e. The van der Waals surface area contributed by atoms with Crippen LogP contribution in [0.3, 0.4) is 0 Å². The molecule has 26 heavy (non-hydrogen) atoms. The van der Waals surface area contributed by atoms with Gasteiger partial charge in [0.25, 0.3) is 0 Å². The van der Waals surface area contributed by atoms with Crippen LogP contribution in [-0.2, 0) is 4.74 Å². The quantitative estimate of drug-likeness (QED) is 0.706. The second kappa shape index (κ2) is 6.86. The number of amides is 1. The second-order valence-electron chi connectivity index (χ2n) is 7.14. The topological polar surface area (TPSA) is 84.6 Å². The molecule has 1 aliphatic heterocycles. The number of hydrogen-bond acceptors (Lipinski definition) is 6. The van der Waals surface area contributed by atoms with E-state index in [2.05, 4.69) is 25.9 Å². The lowest BCUT2D eigenvalue weighted by molar-refractivity contribution is 0.0241. The average Bonchev–Trinajstić information content (AvgIpc) is 2.57. The Morgan fingerprint density at radius 3 is 2.50 bits per heavy atom. The summed E-state index contributed by atoms with van der Waals surface area (Å²) in [4.78, 5) is 24.0. The number of nitrogen functional groups attached to an aromatic ring is 1. The van der Waals surface area contributed by atoms with Crippen molar-refractivity contribution < 1.29 is 13.9 Å². The van der Waals surface area contributed by atoms with Crippen molar-refractivity contribution in [1.29, 1.82) is 0 Å². The van der Waals surface area contributed by atoms with Crippen molar-refractivity contribution in [3.63, 3.8) is 0 Å². The molecule has 2 aromatic rings. The fourth-order valence-electron chi connectivity index (χ4n) is 2.90. The predicted octanol–water partition coefficient (Wildman–Crippen LogP) is 3.17. The Kier molecular flexibility index (Phi) is 4.92. The summed E-state index contributed by atoms with van der Waals surface area (Å²) in [6.45, 7) is 7.61. The van der Waals surface area contributed by atoms with Gasteiger partial charge in [-0.15, -0.1) is 0 Å². The zero-order valence-corrected chi connectivity index (χ0v) is 16.5. The van der Waals surface area contributed by atoms with E-state index in [4.69, 9.17) is 10.5 Å². The Labute approximate surface area is 159 Å². The van der Waals surface area contributed by atoms with E-state index in [0.29, 0.717) is 42.9 Å². The van der Waals surface area contributed by atoms with Crippen LogP contribution >= 0.6 is 15.9 Å². The highest BCUT2D eigenvalue weighted by Gasteiger charge is 2.27. The van der Waals surface area contributed by atoms with E-state index >= 15 is 0 Å². The number of fused-ring (bicyclic) bond motifs is 1. The summed E-state index contributed by atoms with van der Waals surface area (Å²) in [6, 6.07) is 0. The molecule has 0 radical (unpaired) electrons. The molecule has 0 atom stereocenters. The molecule has 1 saturated heterocycles. The van der Waals surface area contributed by atoms with Gasteiger partial charge < -0.3 is 20.3 Å². The minimum atomic E-state index is -0.531. The first-order chi connectivity index (χ1) is 12.2.